The molecule has 16 heavy (non-hydrogen) atoms. The summed E-state index contributed by atoms with van der Waals surface area (Å²) in [5.41, 5.74) is 6.86. The van der Waals surface area contributed by atoms with Gasteiger partial charge in [-0.2, -0.15) is 0 Å². The normalized spacial score (nSPS) is 12.4. The van der Waals surface area contributed by atoms with Crippen molar-refractivity contribution < 1.29 is 4.42 Å². The van der Waals surface area contributed by atoms with E-state index < -0.39 is 5.76 Å². The van der Waals surface area contributed by atoms with Crippen molar-refractivity contribution in [1.29, 1.82) is 0 Å². The number of halogens is 1. The molecule has 0 aliphatic carbocycles. The molecule has 0 fully saturated rings. The molecule has 0 unspecified atom stereocenters. The fraction of sp³-hybridized carbons (Fsp3) is 0.400. The van der Waals surface area contributed by atoms with Gasteiger partial charge in [0.25, 0.3) is 0 Å². The maximum atomic E-state index is 11.5. The first kappa shape index (κ1) is 12.7. The van der Waals surface area contributed by atoms with Crippen LogP contribution in [-0.2, 0) is 6.54 Å². The summed E-state index contributed by atoms with van der Waals surface area (Å²) in [6.45, 7) is 2.42. The Kier molecular flexibility index (Phi) is 4.09. The van der Waals surface area contributed by atoms with Crippen molar-refractivity contribution in [3.05, 3.63) is 28.9 Å². The predicted octanol–water partition coefficient (Wildman–Crippen LogP) is 1.15. The number of hydrogen-bond donors (Lipinski definition) is 1. The Bertz CT molecular complexity index is 520. The van der Waals surface area contributed by atoms with Crippen molar-refractivity contribution >= 4 is 23.6 Å². The molecule has 0 saturated carbocycles. The van der Waals surface area contributed by atoms with E-state index in [1.807, 2.05) is 6.92 Å². The lowest BCUT2D eigenvalue weighted by molar-refractivity contribution is 0.468. The van der Waals surface area contributed by atoms with E-state index in [1.165, 1.54) is 4.57 Å². The van der Waals surface area contributed by atoms with Crippen LogP contribution in [0.4, 0.5) is 0 Å². The van der Waals surface area contributed by atoms with Crippen LogP contribution >= 0.6 is 12.4 Å². The first-order valence-corrected chi connectivity index (χ1v) is 4.92. The highest BCUT2D eigenvalue weighted by Crippen LogP contribution is 2.08. The summed E-state index contributed by atoms with van der Waals surface area (Å²) in [6.07, 6.45) is 2.44. The highest BCUT2D eigenvalue weighted by Gasteiger charge is 2.11. The van der Waals surface area contributed by atoms with Crippen molar-refractivity contribution in [1.82, 2.24) is 9.55 Å². The Morgan fingerprint density at radius 1 is 1.62 bits per heavy atom. The summed E-state index contributed by atoms with van der Waals surface area (Å²) in [5.74, 6) is -0.396. The Balaban J connectivity index is 0.00000128. The molecule has 0 bridgehead atoms. The average molecular weight is 244 g/mol. The molecule has 0 saturated heterocycles. The van der Waals surface area contributed by atoms with Crippen molar-refractivity contribution in [2.24, 2.45) is 5.73 Å². The third-order valence-corrected chi connectivity index (χ3v) is 2.37. The van der Waals surface area contributed by atoms with E-state index in [-0.39, 0.29) is 18.4 Å². The van der Waals surface area contributed by atoms with Crippen molar-refractivity contribution in [2.75, 3.05) is 0 Å². The number of nitrogens with zero attached hydrogens (tertiary/aromatic N) is 2. The van der Waals surface area contributed by atoms with E-state index in [1.54, 1.807) is 18.3 Å². The molecular weight excluding hydrogens is 230 g/mol. The topological polar surface area (TPSA) is 74.0 Å². The largest absolute Gasteiger partial charge is 0.421 e. The molecule has 2 aromatic heterocycles. The molecule has 0 amide bonds. The van der Waals surface area contributed by atoms with E-state index in [4.69, 9.17) is 10.2 Å². The molecule has 88 valence electrons. The summed E-state index contributed by atoms with van der Waals surface area (Å²) < 4.78 is 6.51. The maximum Gasteiger partial charge on any atom is 0.421 e. The van der Waals surface area contributed by atoms with Crippen LogP contribution in [0.1, 0.15) is 13.3 Å². The molecular formula is C10H14ClN3O2. The van der Waals surface area contributed by atoms with Gasteiger partial charge in [-0.1, -0.05) is 6.92 Å². The van der Waals surface area contributed by atoms with Gasteiger partial charge in [0.15, 0.2) is 11.2 Å². The molecule has 0 aromatic carbocycles. The van der Waals surface area contributed by atoms with Crippen LogP contribution < -0.4 is 11.5 Å². The van der Waals surface area contributed by atoms with Crippen LogP contribution in [0, 0.1) is 0 Å². The minimum absolute atomic E-state index is 0. The zero-order valence-corrected chi connectivity index (χ0v) is 9.74. The van der Waals surface area contributed by atoms with Crippen LogP contribution in [0.2, 0.25) is 0 Å². The first-order valence-electron chi connectivity index (χ1n) is 4.92. The molecule has 1 atom stereocenters. The van der Waals surface area contributed by atoms with Crippen LogP contribution in [0.5, 0.6) is 0 Å². The molecule has 0 radical (unpaired) electrons. The van der Waals surface area contributed by atoms with E-state index in [2.05, 4.69) is 4.98 Å². The average Bonchev–Trinajstić information content (AvgIpc) is 2.55. The third kappa shape index (κ3) is 2.25. The van der Waals surface area contributed by atoms with E-state index in [9.17, 15) is 4.79 Å². The van der Waals surface area contributed by atoms with Crippen LogP contribution in [0.25, 0.3) is 11.2 Å². The zero-order valence-electron chi connectivity index (χ0n) is 8.92. The Hall–Kier alpha value is -1.33. The Morgan fingerprint density at radius 2 is 2.38 bits per heavy atom. The predicted molar refractivity (Wildman–Crippen MR) is 63.8 cm³/mol. The lowest BCUT2D eigenvalue weighted by Gasteiger charge is -2.07. The van der Waals surface area contributed by atoms with Crippen LogP contribution in [-0.4, -0.2) is 15.6 Å². The van der Waals surface area contributed by atoms with Crippen molar-refractivity contribution in [2.45, 2.75) is 25.9 Å². The van der Waals surface area contributed by atoms with Gasteiger partial charge >= 0.3 is 5.76 Å². The first-order chi connectivity index (χ1) is 7.22. The summed E-state index contributed by atoms with van der Waals surface area (Å²) in [4.78, 5) is 15.6. The quantitative estimate of drug-likeness (QED) is 0.878. The molecule has 2 rings (SSSR count). The number of pyridine rings is 1. The number of hydrogen-bond acceptors (Lipinski definition) is 4. The molecule has 0 spiro atoms. The lowest BCUT2D eigenvalue weighted by Crippen LogP contribution is -2.29. The van der Waals surface area contributed by atoms with Gasteiger partial charge in [0.1, 0.15) is 0 Å². The van der Waals surface area contributed by atoms with Gasteiger partial charge in [0.05, 0.1) is 0 Å². The third-order valence-electron chi connectivity index (χ3n) is 2.37. The number of aromatic nitrogens is 2. The summed E-state index contributed by atoms with van der Waals surface area (Å²) in [5, 5.41) is 0. The Labute approximate surface area is 98.7 Å². The smallest absolute Gasteiger partial charge is 0.406 e. The summed E-state index contributed by atoms with van der Waals surface area (Å²) >= 11 is 0. The van der Waals surface area contributed by atoms with Gasteiger partial charge < -0.3 is 10.2 Å². The molecule has 5 nitrogen and oxygen atoms in total. The van der Waals surface area contributed by atoms with E-state index in [0.717, 1.165) is 6.42 Å². The van der Waals surface area contributed by atoms with Crippen LogP contribution in [0.15, 0.2) is 27.5 Å². The second-order valence-corrected chi connectivity index (χ2v) is 3.47. The van der Waals surface area contributed by atoms with Gasteiger partial charge in [-0.3, -0.25) is 4.57 Å². The van der Waals surface area contributed by atoms with Gasteiger partial charge in [-0.15, -0.1) is 12.4 Å². The van der Waals surface area contributed by atoms with Gasteiger partial charge in [-0.05, 0) is 18.6 Å². The van der Waals surface area contributed by atoms with Crippen molar-refractivity contribution in [3.63, 3.8) is 0 Å². The second kappa shape index (κ2) is 5.14. The SMILES string of the molecule is CC[C@H](N)Cn1c(=O)oc2cccnc21.Cl. The summed E-state index contributed by atoms with van der Waals surface area (Å²) in [7, 11) is 0. The molecule has 2 aromatic rings. The maximum absolute atomic E-state index is 11.5. The fourth-order valence-electron chi connectivity index (χ4n) is 1.42. The highest BCUT2D eigenvalue weighted by atomic mass is 35.5. The monoisotopic (exact) mass is 243 g/mol. The minimum Gasteiger partial charge on any atom is -0.406 e. The molecule has 0 aliphatic rings. The number of oxazole rings is 1. The molecule has 6 heteroatoms. The lowest BCUT2D eigenvalue weighted by atomic mass is 10.2. The Morgan fingerprint density at radius 3 is 3.06 bits per heavy atom. The van der Waals surface area contributed by atoms with Crippen LogP contribution in [0.3, 0.4) is 0 Å². The number of fused-ring (bicyclic) bond motifs is 1. The minimum atomic E-state index is -0.396. The highest BCUT2D eigenvalue weighted by molar-refractivity contribution is 5.85. The zero-order chi connectivity index (χ0) is 10.8. The molecule has 0 aliphatic heterocycles. The fourth-order valence-corrected chi connectivity index (χ4v) is 1.42. The van der Waals surface area contributed by atoms with E-state index >= 15 is 0 Å². The standard InChI is InChI=1S/C10H13N3O2.ClH/c1-2-7(11)6-13-9-8(15-10(13)14)4-3-5-12-9;/h3-5,7H,2,6,11H2,1H3;1H/t7-;/m0./s1. The molecule has 2 heterocycles. The second-order valence-electron chi connectivity index (χ2n) is 3.47. The van der Waals surface area contributed by atoms with Crippen molar-refractivity contribution in [3.8, 4) is 0 Å². The molecule has 2 N–H and O–H groups in total. The van der Waals surface area contributed by atoms with Gasteiger partial charge in [0.2, 0.25) is 0 Å². The summed E-state index contributed by atoms with van der Waals surface area (Å²) in [6, 6.07) is 3.40. The van der Waals surface area contributed by atoms with Gasteiger partial charge in [-0.25, -0.2) is 9.78 Å². The van der Waals surface area contributed by atoms with E-state index in [0.29, 0.717) is 17.8 Å². The van der Waals surface area contributed by atoms with Gasteiger partial charge in [0, 0.05) is 18.8 Å². The number of rotatable bonds is 3. The number of nitrogens with two attached hydrogens (primary N) is 1.